The second-order valence-electron chi connectivity index (χ2n) is 6.47. The van der Waals surface area contributed by atoms with Crippen molar-refractivity contribution in [1.29, 1.82) is 0 Å². The summed E-state index contributed by atoms with van der Waals surface area (Å²) in [6, 6.07) is 15.5. The summed E-state index contributed by atoms with van der Waals surface area (Å²) in [5.41, 5.74) is 3.90. The fourth-order valence-corrected chi connectivity index (χ4v) is 2.72. The molecule has 0 fully saturated rings. The van der Waals surface area contributed by atoms with E-state index in [0.29, 0.717) is 13.2 Å². The Labute approximate surface area is 160 Å². The second-order valence-corrected chi connectivity index (χ2v) is 6.47. The van der Waals surface area contributed by atoms with Gasteiger partial charge in [-0.05, 0) is 36.1 Å². The molecule has 2 aromatic rings. The molecule has 0 N–H and O–H groups in total. The van der Waals surface area contributed by atoms with Crippen molar-refractivity contribution in [1.82, 2.24) is 0 Å². The number of rotatable bonds is 8. The number of hydrogen-bond acceptors (Lipinski definition) is 5. The average Bonchev–Trinajstić information content (AvgIpc) is 2.72. The van der Waals surface area contributed by atoms with Gasteiger partial charge in [0, 0.05) is 0 Å². The fourth-order valence-electron chi connectivity index (χ4n) is 2.72. The van der Waals surface area contributed by atoms with Gasteiger partial charge in [0.15, 0.2) is 0 Å². The van der Waals surface area contributed by atoms with Gasteiger partial charge in [0.05, 0.1) is 39.3 Å². The zero-order chi connectivity index (χ0) is 19.8. The lowest BCUT2D eigenvalue weighted by Gasteiger charge is -2.11. The molecule has 2 atom stereocenters. The molecule has 0 aliphatic carbocycles. The van der Waals surface area contributed by atoms with Gasteiger partial charge in [0.2, 0.25) is 0 Å². The molecular weight excluding hydrogens is 344 g/mol. The molecular formula is C22H26O5. The molecule has 0 radical (unpaired) electrons. The van der Waals surface area contributed by atoms with E-state index in [4.69, 9.17) is 14.2 Å². The standard InChI is InChI=1S/C22H26O5/c1-15(21(23)25-3)19-9-5-17(6-10-19)13-27-14-18-7-11-20(12-8-18)16(2)22(24)26-4/h5-12,15-16H,13-14H2,1-4H3. The first-order chi connectivity index (χ1) is 13.0. The van der Waals surface area contributed by atoms with E-state index >= 15 is 0 Å². The zero-order valence-electron chi connectivity index (χ0n) is 16.2. The van der Waals surface area contributed by atoms with Crippen molar-refractivity contribution in [3.8, 4) is 0 Å². The lowest BCUT2D eigenvalue weighted by molar-refractivity contribution is -0.142. The Hall–Kier alpha value is -2.66. The Morgan fingerprint density at radius 1 is 0.704 bits per heavy atom. The van der Waals surface area contributed by atoms with E-state index in [1.807, 2.05) is 62.4 Å². The maximum atomic E-state index is 11.6. The summed E-state index contributed by atoms with van der Waals surface area (Å²) >= 11 is 0. The van der Waals surface area contributed by atoms with Crippen LogP contribution in [0.1, 0.15) is 47.9 Å². The molecule has 5 nitrogen and oxygen atoms in total. The molecule has 0 spiro atoms. The Morgan fingerprint density at radius 2 is 1.04 bits per heavy atom. The number of ether oxygens (including phenoxy) is 3. The number of esters is 2. The fraction of sp³-hybridized carbons (Fsp3) is 0.364. The smallest absolute Gasteiger partial charge is 0.312 e. The van der Waals surface area contributed by atoms with E-state index in [9.17, 15) is 9.59 Å². The van der Waals surface area contributed by atoms with Crippen molar-refractivity contribution in [2.75, 3.05) is 14.2 Å². The molecule has 2 aromatic carbocycles. The lowest BCUT2D eigenvalue weighted by atomic mass is 10.00. The first-order valence-corrected chi connectivity index (χ1v) is 8.87. The summed E-state index contributed by atoms with van der Waals surface area (Å²) in [5, 5.41) is 0. The van der Waals surface area contributed by atoms with Gasteiger partial charge in [-0.2, -0.15) is 0 Å². The minimum atomic E-state index is -0.282. The summed E-state index contributed by atoms with van der Waals surface area (Å²) in [6.45, 7) is 4.60. The number of hydrogen-bond donors (Lipinski definition) is 0. The van der Waals surface area contributed by atoms with E-state index in [0.717, 1.165) is 22.3 Å². The van der Waals surface area contributed by atoms with Crippen LogP contribution >= 0.6 is 0 Å². The molecule has 0 aliphatic rings. The van der Waals surface area contributed by atoms with E-state index in [-0.39, 0.29) is 23.8 Å². The number of carbonyl (C=O) groups is 2. The van der Waals surface area contributed by atoms with Crippen molar-refractivity contribution in [2.45, 2.75) is 38.9 Å². The maximum absolute atomic E-state index is 11.6. The number of carbonyl (C=O) groups excluding carboxylic acids is 2. The van der Waals surface area contributed by atoms with Gasteiger partial charge in [-0.25, -0.2) is 0 Å². The summed E-state index contributed by atoms with van der Waals surface area (Å²) in [6.07, 6.45) is 0. The van der Waals surface area contributed by atoms with E-state index in [1.54, 1.807) is 0 Å². The highest BCUT2D eigenvalue weighted by atomic mass is 16.5. The summed E-state index contributed by atoms with van der Waals surface area (Å²) in [5.74, 6) is -1.06. The van der Waals surface area contributed by atoms with Crippen molar-refractivity contribution in [3.05, 3.63) is 70.8 Å². The number of methoxy groups -OCH3 is 2. The Kier molecular flexibility index (Phi) is 7.55. The van der Waals surface area contributed by atoms with Gasteiger partial charge in [0.25, 0.3) is 0 Å². The SMILES string of the molecule is COC(=O)C(C)c1ccc(COCc2ccc(C(C)C(=O)OC)cc2)cc1. The van der Waals surface area contributed by atoms with Crippen LogP contribution in [0.25, 0.3) is 0 Å². The zero-order valence-corrected chi connectivity index (χ0v) is 16.2. The molecule has 0 saturated heterocycles. The molecule has 0 bridgehead atoms. The van der Waals surface area contributed by atoms with Gasteiger partial charge < -0.3 is 14.2 Å². The monoisotopic (exact) mass is 370 g/mol. The van der Waals surface area contributed by atoms with Crippen LogP contribution in [0.4, 0.5) is 0 Å². The topological polar surface area (TPSA) is 61.8 Å². The molecule has 0 saturated carbocycles. The Balaban J connectivity index is 1.85. The number of benzene rings is 2. The molecule has 5 heteroatoms. The summed E-state index contributed by atoms with van der Waals surface area (Å²) in [7, 11) is 2.79. The molecule has 2 rings (SSSR count). The quantitative estimate of drug-likeness (QED) is 0.658. The van der Waals surface area contributed by atoms with Gasteiger partial charge in [-0.15, -0.1) is 0 Å². The normalized spacial score (nSPS) is 12.9. The third kappa shape index (κ3) is 5.66. The van der Waals surface area contributed by atoms with Crippen LogP contribution in [0, 0.1) is 0 Å². The first kappa shape index (κ1) is 20.6. The second kappa shape index (κ2) is 9.88. The highest BCUT2D eigenvalue weighted by molar-refractivity contribution is 5.78. The van der Waals surface area contributed by atoms with Crippen molar-refractivity contribution in [3.63, 3.8) is 0 Å². The Bertz CT molecular complexity index is 684. The first-order valence-electron chi connectivity index (χ1n) is 8.87. The molecule has 0 aliphatic heterocycles. The van der Waals surface area contributed by atoms with Crippen LogP contribution in [0.3, 0.4) is 0 Å². The van der Waals surface area contributed by atoms with Crippen molar-refractivity contribution in [2.24, 2.45) is 0 Å². The largest absolute Gasteiger partial charge is 0.469 e. The minimum absolute atomic E-state index is 0.246. The van der Waals surface area contributed by atoms with Crippen LogP contribution in [0.5, 0.6) is 0 Å². The Morgan fingerprint density at radius 3 is 1.33 bits per heavy atom. The van der Waals surface area contributed by atoms with Gasteiger partial charge in [-0.3, -0.25) is 9.59 Å². The lowest BCUT2D eigenvalue weighted by Crippen LogP contribution is -2.10. The van der Waals surface area contributed by atoms with Crippen LogP contribution < -0.4 is 0 Å². The van der Waals surface area contributed by atoms with Crippen LogP contribution in [-0.2, 0) is 37.0 Å². The molecule has 27 heavy (non-hydrogen) atoms. The van der Waals surface area contributed by atoms with Crippen molar-refractivity contribution >= 4 is 11.9 Å². The summed E-state index contributed by atoms with van der Waals surface area (Å²) in [4.78, 5) is 23.1. The summed E-state index contributed by atoms with van der Waals surface area (Å²) < 4.78 is 15.3. The highest BCUT2D eigenvalue weighted by Gasteiger charge is 2.16. The molecule has 0 amide bonds. The van der Waals surface area contributed by atoms with Gasteiger partial charge in [-0.1, -0.05) is 48.5 Å². The molecule has 0 aromatic heterocycles. The predicted octanol–water partition coefficient (Wildman–Crippen LogP) is 3.96. The van der Waals surface area contributed by atoms with Crippen LogP contribution in [-0.4, -0.2) is 26.2 Å². The van der Waals surface area contributed by atoms with E-state index in [1.165, 1.54) is 14.2 Å². The third-order valence-electron chi connectivity index (χ3n) is 4.61. The molecule has 0 heterocycles. The molecule has 2 unspecified atom stereocenters. The average molecular weight is 370 g/mol. The van der Waals surface area contributed by atoms with Crippen LogP contribution in [0.2, 0.25) is 0 Å². The third-order valence-corrected chi connectivity index (χ3v) is 4.61. The van der Waals surface area contributed by atoms with Gasteiger partial charge >= 0.3 is 11.9 Å². The van der Waals surface area contributed by atoms with Crippen molar-refractivity contribution < 1.29 is 23.8 Å². The van der Waals surface area contributed by atoms with E-state index < -0.39 is 0 Å². The highest BCUT2D eigenvalue weighted by Crippen LogP contribution is 2.19. The van der Waals surface area contributed by atoms with Gasteiger partial charge in [0.1, 0.15) is 0 Å². The van der Waals surface area contributed by atoms with Crippen LogP contribution in [0.15, 0.2) is 48.5 Å². The maximum Gasteiger partial charge on any atom is 0.312 e. The molecule has 144 valence electrons. The van der Waals surface area contributed by atoms with E-state index in [2.05, 4.69) is 0 Å². The predicted molar refractivity (Wildman–Crippen MR) is 102 cm³/mol. The minimum Gasteiger partial charge on any atom is -0.469 e.